The summed E-state index contributed by atoms with van der Waals surface area (Å²) in [6.07, 6.45) is 6.65. The van der Waals surface area contributed by atoms with Crippen molar-refractivity contribution in [3.05, 3.63) is 35.9 Å². The molecule has 3 rings (SSSR count). The Morgan fingerprint density at radius 3 is 2.52 bits per heavy atom. The van der Waals surface area contributed by atoms with Gasteiger partial charge in [0.2, 0.25) is 11.8 Å². The predicted octanol–water partition coefficient (Wildman–Crippen LogP) is 2.82. The molecule has 1 aromatic carbocycles. The highest BCUT2D eigenvalue weighted by Crippen LogP contribution is 2.21. The zero-order chi connectivity index (χ0) is 17.5. The number of benzene rings is 1. The Hall–Kier alpha value is -1.88. The van der Waals surface area contributed by atoms with Crippen LogP contribution in [0, 0.1) is 0 Å². The predicted molar refractivity (Wildman–Crippen MR) is 96.0 cm³/mol. The summed E-state index contributed by atoms with van der Waals surface area (Å²) in [6.45, 7) is 2.29. The van der Waals surface area contributed by atoms with E-state index in [1.165, 1.54) is 6.42 Å². The maximum Gasteiger partial charge on any atom is 0.249 e. The van der Waals surface area contributed by atoms with Gasteiger partial charge >= 0.3 is 0 Å². The fourth-order valence-corrected chi connectivity index (χ4v) is 3.63. The van der Waals surface area contributed by atoms with Crippen molar-refractivity contribution in [3.8, 4) is 0 Å². The minimum atomic E-state index is -0.601. The van der Waals surface area contributed by atoms with Crippen LogP contribution in [0.15, 0.2) is 30.3 Å². The number of rotatable bonds is 5. The number of carbonyl (C=O) groups excluding carboxylic acids is 2. The molecule has 0 bridgehead atoms. The van der Waals surface area contributed by atoms with Crippen molar-refractivity contribution in [1.82, 2.24) is 10.2 Å². The van der Waals surface area contributed by atoms with Gasteiger partial charge in [0.05, 0.1) is 12.5 Å². The van der Waals surface area contributed by atoms with E-state index in [9.17, 15) is 9.59 Å². The first kappa shape index (κ1) is 17.9. The van der Waals surface area contributed by atoms with Crippen molar-refractivity contribution in [2.75, 3.05) is 19.7 Å². The molecule has 0 saturated carbocycles. The normalized spacial score (nSPS) is 22.2. The topological polar surface area (TPSA) is 58.6 Å². The van der Waals surface area contributed by atoms with E-state index in [0.29, 0.717) is 6.42 Å². The summed E-state index contributed by atoms with van der Waals surface area (Å²) in [5, 5.41) is 2.97. The van der Waals surface area contributed by atoms with Crippen LogP contribution in [-0.2, 0) is 14.3 Å². The Balaban J connectivity index is 1.67. The van der Waals surface area contributed by atoms with Gasteiger partial charge in [0.15, 0.2) is 0 Å². The molecule has 2 aliphatic rings. The van der Waals surface area contributed by atoms with E-state index in [1.54, 1.807) is 0 Å². The van der Waals surface area contributed by atoms with Crippen molar-refractivity contribution in [1.29, 1.82) is 0 Å². The summed E-state index contributed by atoms with van der Waals surface area (Å²) in [6, 6.07) is 8.94. The van der Waals surface area contributed by atoms with Crippen LogP contribution in [-0.4, -0.2) is 42.5 Å². The number of hydrogen-bond donors (Lipinski definition) is 1. The second kappa shape index (κ2) is 8.99. The van der Waals surface area contributed by atoms with Crippen molar-refractivity contribution in [3.63, 3.8) is 0 Å². The highest BCUT2D eigenvalue weighted by molar-refractivity contribution is 5.89. The van der Waals surface area contributed by atoms with Gasteiger partial charge in [-0.1, -0.05) is 30.3 Å². The lowest BCUT2D eigenvalue weighted by atomic mass is 10.0. The highest BCUT2D eigenvalue weighted by Gasteiger charge is 2.29. The molecule has 0 aromatic heterocycles. The van der Waals surface area contributed by atoms with Crippen LogP contribution >= 0.6 is 0 Å². The van der Waals surface area contributed by atoms with Crippen molar-refractivity contribution >= 4 is 11.8 Å². The van der Waals surface area contributed by atoms with Crippen LogP contribution in [0.2, 0.25) is 0 Å². The van der Waals surface area contributed by atoms with Crippen LogP contribution in [0.4, 0.5) is 0 Å². The van der Waals surface area contributed by atoms with Gasteiger partial charge in [0.25, 0.3) is 0 Å². The molecular formula is C20H28N2O3. The van der Waals surface area contributed by atoms with E-state index in [2.05, 4.69) is 5.32 Å². The van der Waals surface area contributed by atoms with E-state index in [4.69, 9.17) is 4.74 Å². The maximum atomic E-state index is 13.0. The molecule has 0 aliphatic carbocycles. The zero-order valence-corrected chi connectivity index (χ0v) is 14.8. The molecule has 2 aliphatic heterocycles. The highest BCUT2D eigenvalue weighted by atomic mass is 16.5. The lowest BCUT2D eigenvalue weighted by Crippen LogP contribution is -2.45. The first-order valence-electron chi connectivity index (χ1n) is 9.49. The van der Waals surface area contributed by atoms with Crippen molar-refractivity contribution < 1.29 is 14.3 Å². The summed E-state index contributed by atoms with van der Waals surface area (Å²) < 4.78 is 5.66. The fourth-order valence-electron chi connectivity index (χ4n) is 3.63. The van der Waals surface area contributed by atoms with Crippen LogP contribution < -0.4 is 5.32 Å². The first-order valence-corrected chi connectivity index (χ1v) is 9.49. The number of nitrogens with zero attached hydrogens (tertiary/aromatic N) is 1. The number of amides is 2. The summed E-state index contributed by atoms with van der Waals surface area (Å²) in [5.41, 5.74) is 0.844. The van der Waals surface area contributed by atoms with Crippen LogP contribution in [0.1, 0.15) is 56.6 Å². The van der Waals surface area contributed by atoms with Gasteiger partial charge in [0, 0.05) is 19.7 Å². The Kier molecular flexibility index (Phi) is 6.45. The smallest absolute Gasteiger partial charge is 0.249 e. The summed E-state index contributed by atoms with van der Waals surface area (Å²) >= 11 is 0. The van der Waals surface area contributed by atoms with Crippen LogP contribution in [0.3, 0.4) is 0 Å². The number of likely N-dealkylation sites (tertiary alicyclic amines) is 1. The van der Waals surface area contributed by atoms with Crippen molar-refractivity contribution in [2.24, 2.45) is 0 Å². The molecule has 2 amide bonds. The quantitative estimate of drug-likeness (QED) is 0.893. The second-order valence-corrected chi connectivity index (χ2v) is 6.99. The molecule has 0 radical (unpaired) electrons. The monoisotopic (exact) mass is 344 g/mol. The molecule has 25 heavy (non-hydrogen) atoms. The largest absolute Gasteiger partial charge is 0.378 e. The fraction of sp³-hybridized carbons (Fsp3) is 0.600. The molecule has 1 N–H and O–H groups in total. The molecular weight excluding hydrogens is 316 g/mol. The summed E-state index contributed by atoms with van der Waals surface area (Å²) in [5.74, 6) is -0.102. The van der Waals surface area contributed by atoms with Gasteiger partial charge in [-0.3, -0.25) is 9.59 Å². The number of ether oxygens (including phenoxy) is 1. The standard InChI is InChI=1S/C20H28N2O3/c23-18(15-17-11-5-8-14-25-17)21-19(16-9-3-1-4-10-16)20(24)22-12-6-2-7-13-22/h1,3-4,9-10,17,19H,2,5-8,11-15H2,(H,21,23). The molecule has 2 atom stereocenters. The number of piperidine rings is 1. The van der Waals surface area contributed by atoms with Gasteiger partial charge in [-0.2, -0.15) is 0 Å². The molecule has 2 saturated heterocycles. The Morgan fingerprint density at radius 2 is 1.84 bits per heavy atom. The molecule has 0 spiro atoms. The average molecular weight is 344 g/mol. The molecule has 136 valence electrons. The SMILES string of the molecule is O=C(CC1CCCCO1)NC(C(=O)N1CCCCC1)c1ccccc1. The van der Waals surface area contributed by atoms with Gasteiger partial charge < -0.3 is 15.0 Å². The van der Waals surface area contributed by atoms with Crippen molar-refractivity contribution in [2.45, 2.75) is 57.1 Å². The molecule has 2 fully saturated rings. The third kappa shape index (κ3) is 5.05. The number of nitrogens with one attached hydrogen (secondary N) is 1. The lowest BCUT2D eigenvalue weighted by molar-refractivity contribution is -0.138. The van der Waals surface area contributed by atoms with Crippen LogP contribution in [0.25, 0.3) is 0 Å². The molecule has 2 heterocycles. The Morgan fingerprint density at radius 1 is 1.08 bits per heavy atom. The summed E-state index contributed by atoms with van der Waals surface area (Å²) in [7, 11) is 0. The Bertz CT molecular complexity index is 564. The maximum absolute atomic E-state index is 13.0. The van der Waals surface area contributed by atoms with E-state index >= 15 is 0 Å². The molecule has 5 heteroatoms. The molecule has 5 nitrogen and oxygen atoms in total. The van der Waals surface area contributed by atoms with E-state index in [0.717, 1.165) is 57.4 Å². The average Bonchev–Trinajstić information content (AvgIpc) is 2.68. The van der Waals surface area contributed by atoms with Gasteiger partial charge in [-0.15, -0.1) is 0 Å². The zero-order valence-electron chi connectivity index (χ0n) is 14.8. The minimum absolute atomic E-state index is 0.00353. The van der Waals surface area contributed by atoms with E-state index in [1.807, 2.05) is 35.2 Å². The van der Waals surface area contributed by atoms with Gasteiger partial charge in [-0.05, 0) is 44.1 Å². The third-order valence-electron chi connectivity index (χ3n) is 5.04. The number of hydrogen-bond acceptors (Lipinski definition) is 3. The van der Waals surface area contributed by atoms with E-state index in [-0.39, 0.29) is 17.9 Å². The lowest BCUT2D eigenvalue weighted by Gasteiger charge is -2.31. The van der Waals surface area contributed by atoms with Crippen LogP contribution in [0.5, 0.6) is 0 Å². The number of carbonyl (C=O) groups is 2. The molecule has 1 aromatic rings. The van der Waals surface area contributed by atoms with Gasteiger partial charge in [-0.25, -0.2) is 0 Å². The minimum Gasteiger partial charge on any atom is -0.378 e. The Labute approximate surface area is 149 Å². The first-order chi connectivity index (χ1) is 12.2. The van der Waals surface area contributed by atoms with E-state index < -0.39 is 6.04 Å². The summed E-state index contributed by atoms with van der Waals surface area (Å²) in [4.78, 5) is 27.4. The molecule has 2 unspecified atom stereocenters. The van der Waals surface area contributed by atoms with Gasteiger partial charge in [0.1, 0.15) is 6.04 Å². The second-order valence-electron chi connectivity index (χ2n) is 6.99. The third-order valence-corrected chi connectivity index (χ3v) is 5.04.